The van der Waals surface area contributed by atoms with E-state index in [1.54, 1.807) is 14.0 Å². The van der Waals surface area contributed by atoms with Gasteiger partial charge in [0.15, 0.2) is 0 Å². The average molecular weight is 296 g/mol. The van der Waals surface area contributed by atoms with Crippen LogP contribution >= 0.6 is 11.3 Å². The van der Waals surface area contributed by atoms with Gasteiger partial charge in [0.25, 0.3) is 0 Å². The number of thiazole rings is 1. The second-order valence-electron chi connectivity index (χ2n) is 5.22. The Morgan fingerprint density at radius 1 is 1.50 bits per heavy atom. The molecule has 7 heteroatoms. The van der Waals surface area contributed by atoms with Crippen molar-refractivity contribution in [3.63, 3.8) is 0 Å². The van der Waals surface area contributed by atoms with Gasteiger partial charge in [-0.15, -0.1) is 0 Å². The van der Waals surface area contributed by atoms with Crippen molar-refractivity contribution in [2.24, 2.45) is 5.73 Å². The lowest BCUT2D eigenvalue weighted by Crippen LogP contribution is -2.34. The molecule has 0 fully saturated rings. The van der Waals surface area contributed by atoms with Crippen LogP contribution in [0.2, 0.25) is 0 Å². The van der Waals surface area contributed by atoms with E-state index in [1.165, 1.54) is 22.4 Å². The van der Waals surface area contributed by atoms with E-state index < -0.39 is 11.7 Å². The van der Waals surface area contributed by atoms with Crippen molar-refractivity contribution < 1.29 is 9.53 Å². The maximum Gasteiger partial charge on any atom is 0.415 e. The zero-order valence-electron chi connectivity index (χ0n) is 12.4. The summed E-state index contributed by atoms with van der Waals surface area (Å²) in [4.78, 5) is 17.8. The van der Waals surface area contributed by atoms with E-state index in [2.05, 4.69) is 4.98 Å². The molecular weight excluding hydrogens is 276 g/mol. The fourth-order valence-electron chi connectivity index (χ4n) is 1.42. The number of aryl methyl sites for hydroxylation is 1. The summed E-state index contributed by atoms with van der Waals surface area (Å²) in [5.41, 5.74) is 6.10. The summed E-state index contributed by atoms with van der Waals surface area (Å²) < 4.78 is 5.31. The molecule has 0 atom stereocenters. The Labute approximate surface area is 122 Å². The summed E-state index contributed by atoms with van der Waals surface area (Å²) in [6.07, 6.45) is 2.02. The van der Waals surface area contributed by atoms with Crippen LogP contribution in [0.15, 0.2) is 6.20 Å². The lowest BCUT2D eigenvalue weighted by atomic mass is 10.2. The fraction of sp³-hybridized carbons (Fsp3) is 0.462. The smallest absolute Gasteiger partial charge is 0.415 e. The van der Waals surface area contributed by atoms with E-state index in [4.69, 9.17) is 15.9 Å². The molecule has 3 N–H and O–H groups in total. The molecule has 0 aliphatic carbocycles. The number of carbonyl (C=O) groups excluding carboxylic acids is 1. The monoisotopic (exact) mass is 296 g/mol. The van der Waals surface area contributed by atoms with Crippen molar-refractivity contribution >= 4 is 34.2 Å². The predicted molar refractivity (Wildman–Crippen MR) is 82.4 cm³/mol. The van der Waals surface area contributed by atoms with Crippen LogP contribution in [0.3, 0.4) is 0 Å². The number of anilines is 1. The van der Waals surface area contributed by atoms with Crippen LogP contribution in [-0.2, 0) is 4.74 Å². The number of aromatic nitrogens is 1. The van der Waals surface area contributed by atoms with Gasteiger partial charge < -0.3 is 15.9 Å². The molecule has 1 amide bonds. The molecule has 0 aromatic carbocycles. The minimum Gasteiger partial charge on any atom is -0.443 e. The number of nitrogens with one attached hydrogen (secondary N) is 1. The minimum absolute atomic E-state index is 0.441. The third-order valence-electron chi connectivity index (χ3n) is 2.33. The first-order valence-corrected chi connectivity index (χ1v) is 6.88. The Hall–Kier alpha value is -1.89. The first-order valence-electron chi connectivity index (χ1n) is 6.06. The highest BCUT2D eigenvalue weighted by Crippen LogP contribution is 2.31. The van der Waals surface area contributed by atoms with Crippen LogP contribution < -0.4 is 10.6 Å². The second kappa shape index (κ2) is 6.04. The zero-order chi connectivity index (χ0) is 15.5. The number of rotatable bonds is 3. The third-order valence-corrected chi connectivity index (χ3v) is 3.61. The quantitative estimate of drug-likeness (QED) is 0.839. The highest BCUT2D eigenvalue weighted by Gasteiger charge is 2.24. The highest BCUT2D eigenvalue weighted by atomic mass is 32.1. The number of nitrogens with two attached hydrogens (primary N) is 1. The molecule has 6 nitrogen and oxygen atoms in total. The molecule has 20 heavy (non-hydrogen) atoms. The van der Waals surface area contributed by atoms with Crippen LogP contribution in [0.25, 0.3) is 5.57 Å². The standard InChI is InChI=1S/C13H20N4O2S/c1-8-11(17(5)12(18)19-13(2,3)4)20-10(16-8)9(6-14)7-15/h6-7,14H,15H2,1-5H3/b9-7+,14-6?. The van der Waals surface area contributed by atoms with E-state index in [1.807, 2.05) is 20.8 Å². The van der Waals surface area contributed by atoms with Crippen molar-refractivity contribution in [2.75, 3.05) is 11.9 Å². The van der Waals surface area contributed by atoms with Gasteiger partial charge in [-0.2, -0.15) is 0 Å². The molecule has 0 radical (unpaired) electrons. The minimum atomic E-state index is -0.552. The molecule has 0 unspecified atom stereocenters. The van der Waals surface area contributed by atoms with Crippen LogP contribution in [0.1, 0.15) is 31.5 Å². The van der Waals surface area contributed by atoms with Gasteiger partial charge in [-0.3, -0.25) is 4.90 Å². The zero-order valence-corrected chi connectivity index (χ0v) is 13.2. The van der Waals surface area contributed by atoms with Gasteiger partial charge >= 0.3 is 6.09 Å². The molecular formula is C13H20N4O2S. The lowest BCUT2D eigenvalue weighted by molar-refractivity contribution is 0.0590. The Morgan fingerprint density at radius 3 is 2.55 bits per heavy atom. The molecule has 0 saturated carbocycles. The molecule has 1 heterocycles. The van der Waals surface area contributed by atoms with E-state index in [9.17, 15) is 4.79 Å². The van der Waals surface area contributed by atoms with Gasteiger partial charge in [-0.05, 0) is 27.7 Å². The maximum absolute atomic E-state index is 12.0. The van der Waals surface area contributed by atoms with E-state index >= 15 is 0 Å². The van der Waals surface area contributed by atoms with Crippen molar-refractivity contribution in [3.8, 4) is 0 Å². The van der Waals surface area contributed by atoms with Gasteiger partial charge in [0, 0.05) is 25.0 Å². The van der Waals surface area contributed by atoms with Gasteiger partial charge in [-0.1, -0.05) is 11.3 Å². The topological polar surface area (TPSA) is 92.3 Å². The number of hydrogen-bond acceptors (Lipinski definition) is 6. The molecule has 1 aromatic heterocycles. The number of ether oxygens (including phenoxy) is 1. The van der Waals surface area contributed by atoms with Crippen molar-refractivity contribution in [1.82, 2.24) is 4.98 Å². The largest absolute Gasteiger partial charge is 0.443 e. The summed E-state index contributed by atoms with van der Waals surface area (Å²) in [6.45, 7) is 7.24. The van der Waals surface area contributed by atoms with Crippen molar-refractivity contribution in [2.45, 2.75) is 33.3 Å². The lowest BCUT2D eigenvalue weighted by Gasteiger charge is -2.23. The first kappa shape index (κ1) is 16.2. The Bertz CT molecular complexity index is 543. The number of hydrogen-bond donors (Lipinski definition) is 2. The molecule has 0 spiro atoms. The number of nitrogens with zero attached hydrogens (tertiary/aromatic N) is 2. The van der Waals surface area contributed by atoms with E-state index in [0.29, 0.717) is 21.3 Å². The van der Waals surface area contributed by atoms with Crippen LogP contribution in [0.5, 0.6) is 0 Å². The molecule has 0 aliphatic rings. The van der Waals surface area contributed by atoms with E-state index in [0.717, 1.165) is 6.21 Å². The number of allylic oxidation sites excluding steroid dienone is 1. The average Bonchev–Trinajstić information content (AvgIpc) is 2.69. The number of amides is 1. The molecule has 1 rings (SSSR count). The van der Waals surface area contributed by atoms with Gasteiger partial charge in [0.2, 0.25) is 0 Å². The normalized spacial score (nSPS) is 12.2. The summed E-state index contributed by atoms with van der Waals surface area (Å²) >= 11 is 1.29. The van der Waals surface area contributed by atoms with Crippen LogP contribution in [-0.4, -0.2) is 29.9 Å². The van der Waals surface area contributed by atoms with Gasteiger partial charge in [0.05, 0.1) is 5.69 Å². The SMILES string of the molecule is Cc1nc(/C(C=N)=C/N)sc1N(C)C(=O)OC(C)(C)C. The molecule has 110 valence electrons. The van der Waals surface area contributed by atoms with Crippen molar-refractivity contribution in [1.29, 1.82) is 5.41 Å². The number of carbonyl (C=O) groups is 1. The summed E-state index contributed by atoms with van der Waals surface area (Å²) in [7, 11) is 1.63. The van der Waals surface area contributed by atoms with Gasteiger partial charge in [-0.25, -0.2) is 9.78 Å². The maximum atomic E-state index is 12.0. The van der Waals surface area contributed by atoms with Crippen molar-refractivity contribution in [3.05, 3.63) is 16.9 Å². The third kappa shape index (κ3) is 3.80. The predicted octanol–water partition coefficient (Wildman–Crippen LogP) is 2.77. The fourth-order valence-corrected chi connectivity index (χ4v) is 2.43. The van der Waals surface area contributed by atoms with Crippen LogP contribution in [0, 0.1) is 12.3 Å². The molecule has 1 aromatic rings. The summed E-state index contributed by atoms with van der Waals surface area (Å²) in [6, 6.07) is 0. The second-order valence-corrected chi connectivity index (χ2v) is 6.19. The Morgan fingerprint density at radius 2 is 2.10 bits per heavy atom. The summed E-state index contributed by atoms with van der Waals surface area (Å²) in [5, 5.41) is 8.55. The molecule has 0 bridgehead atoms. The Kier molecular flexibility index (Phi) is 4.88. The Balaban J connectivity index is 3.03. The summed E-state index contributed by atoms with van der Waals surface area (Å²) in [5.74, 6) is 0. The van der Waals surface area contributed by atoms with Crippen LogP contribution in [0.4, 0.5) is 9.80 Å². The molecule has 0 aliphatic heterocycles. The molecule has 0 saturated heterocycles. The van der Waals surface area contributed by atoms with E-state index in [-0.39, 0.29) is 0 Å². The highest BCUT2D eigenvalue weighted by molar-refractivity contribution is 7.17. The first-order chi connectivity index (χ1) is 9.19. The van der Waals surface area contributed by atoms with Gasteiger partial charge in [0.1, 0.15) is 15.6 Å².